The van der Waals surface area contributed by atoms with Crippen molar-refractivity contribution in [2.24, 2.45) is 0 Å². The molecule has 0 saturated carbocycles. The Bertz CT molecular complexity index is 367. The number of benzene rings is 1. The Labute approximate surface area is 119 Å². The molecule has 1 saturated heterocycles. The number of rotatable bonds is 7. The lowest BCUT2D eigenvalue weighted by molar-refractivity contribution is 0.0979. The summed E-state index contributed by atoms with van der Waals surface area (Å²) in [6, 6.07) is 5.78. The lowest BCUT2D eigenvalue weighted by atomic mass is 10.1. The van der Waals surface area contributed by atoms with Crippen LogP contribution < -0.4 is 9.47 Å². The van der Waals surface area contributed by atoms with Gasteiger partial charge in [0.05, 0.1) is 25.7 Å². The molecule has 4 heteroatoms. The average Bonchev–Trinajstić information content (AvgIpc) is 2.96. The van der Waals surface area contributed by atoms with Crippen LogP contribution in [0.25, 0.3) is 0 Å². The van der Waals surface area contributed by atoms with Crippen LogP contribution >= 0.6 is 11.6 Å². The molecule has 2 rings (SSSR count). The molecule has 1 aliphatic rings. The summed E-state index contributed by atoms with van der Waals surface area (Å²) in [6.07, 6.45) is 4.85. The maximum absolute atomic E-state index is 5.92. The Balaban J connectivity index is 1.83. The normalized spacial score (nSPS) is 18.5. The van der Waals surface area contributed by atoms with Gasteiger partial charge in [-0.2, -0.15) is 0 Å². The van der Waals surface area contributed by atoms with Crippen molar-refractivity contribution in [1.29, 1.82) is 0 Å². The van der Waals surface area contributed by atoms with Crippen LogP contribution in [0.3, 0.4) is 0 Å². The zero-order valence-electron chi connectivity index (χ0n) is 11.4. The highest BCUT2D eigenvalue weighted by molar-refractivity contribution is 6.17. The second-order valence-corrected chi connectivity index (χ2v) is 4.98. The number of para-hydroxylation sites is 1. The highest BCUT2D eigenvalue weighted by Gasteiger charge is 2.15. The topological polar surface area (TPSA) is 27.7 Å². The van der Waals surface area contributed by atoms with E-state index in [-0.39, 0.29) is 0 Å². The SMILES string of the molecule is COc1cccc(CCl)c1OCCCC1CCCO1. The molecule has 1 unspecified atom stereocenters. The predicted molar refractivity (Wildman–Crippen MR) is 76.3 cm³/mol. The summed E-state index contributed by atoms with van der Waals surface area (Å²) in [5.41, 5.74) is 0.970. The summed E-state index contributed by atoms with van der Waals surface area (Å²) < 4.78 is 16.7. The predicted octanol–water partition coefficient (Wildman–Crippen LogP) is 3.77. The number of alkyl halides is 1. The molecule has 0 bridgehead atoms. The maximum atomic E-state index is 5.92. The molecule has 1 aliphatic heterocycles. The van der Waals surface area contributed by atoms with E-state index in [9.17, 15) is 0 Å². The Morgan fingerprint density at radius 1 is 1.42 bits per heavy atom. The first-order valence-electron chi connectivity index (χ1n) is 6.81. The molecule has 0 N–H and O–H groups in total. The maximum Gasteiger partial charge on any atom is 0.165 e. The summed E-state index contributed by atoms with van der Waals surface area (Å²) >= 11 is 5.92. The molecule has 106 valence electrons. The van der Waals surface area contributed by atoms with Gasteiger partial charge in [-0.25, -0.2) is 0 Å². The van der Waals surface area contributed by atoms with Crippen LogP contribution in [-0.2, 0) is 10.6 Å². The number of hydrogen-bond acceptors (Lipinski definition) is 3. The molecule has 1 fully saturated rings. The van der Waals surface area contributed by atoms with Gasteiger partial charge in [0, 0.05) is 12.2 Å². The van der Waals surface area contributed by atoms with E-state index in [0.29, 0.717) is 18.6 Å². The molecule has 1 heterocycles. The third-order valence-electron chi connectivity index (χ3n) is 3.37. The van der Waals surface area contributed by atoms with E-state index in [1.54, 1.807) is 7.11 Å². The third kappa shape index (κ3) is 4.02. The fraction of sp³-hybridized carbons (Fsp3) is 0.600. The van der Waals surface area contributed by atoms with Crippen molar-refractivity contribution in [3.05, 3.63) is 23.8 Å². The van der Waals surface area contributed by atoms with Crippen molar-refractivity contribution >= 4 is 11.6 Å². The Morgan fingerprint density at radius 2 is 2.32 bits per heavy atom. The minimum absolute atomic E-state index is 0.425. The van der Waals surface area contributed by atoms with Gasteiger partial charge in [-0.1, -0.05) is 12.1 Å². The molecule has 0 aromatic heterocycles. The van der Waals surface area contributed by atoms with Gasteiger partial charge < -0.3 is 14.2 Å². The first kappa shape index (κ1) is 14.5. The molecule has 1 aromatic rings. The summed E-state index contributed by atoms with van der Waals surface area (Å²) in [6.45, 7) is 1.58. The standard InChI is InChI=1S/C15H21ClO3/c1-17-14-8-2-5-12(11-16)15(14)19-10-4-7-13-6-3-9-18-13/h2,5,8,13H,3-4,6-7,9-11H2,1H3. The minimum Gasteiger partial charge on any atom is -0.493 e. The number of ether oxygens (including phenoxy) is 3. The smallest absolute Gasteiger partial charge is 0.165 e. The fourth-order valence-corrected chi connectivity index (χ4v) is 2.56. The van der Waals surface area contributed by atoms with Crippen LogP contribution in [0.15, 0.2) is 18.2 Å². The highest BCUT2D eigenvalue weighted by atomic mass is 35.5. The van der Waals surface area contributed by atoms with Gasteiger partial charge in [-0.15, -0.1) is 11.6 Å². The van der Waals surface area contributed by atoms with Crippen molar-refractivity contribution in [2.75, 3.05) is 20.3 Å². The van der Waals surface area contributed by atoms with Gasteiger partial charge in [0.2, 0.25) is 0 Å². The molecule has 0 amide bonds. The van der Waals surface area contributed by atoms with Crippen LogP contribution in [0.2, 0.25) is 0 Å². The average molecular weight is 285 g/mol. The van der Waals surface area contributed by atoms with Gasteiger partial charge >= 0.3 is 0 Å². The summed E-state index contributed by atoms with van der Waals surface area (Å²) in [4.78, 5) is 0. The van der Waals surface area contributed by atoms with Gasteiger partial charge in [0.15, 0.2) is 11.5 Å². The van der Waals surface area contributed by atoms with Crippen LogP contribution in [0, 0.1) is 0 Å². The molecular formula is C15H21ClO3. The fourth-order valence-electron chi connectivity index (χ4n) is 2.35. The van der Waals surface area contributed by atoms with Gasteiger partial charge in [0.25, 0.3) is 0 Å². The zero-order valence-corrected chi connectivity index (χ0v) is 12.1. The van der Waals surface area contributed by atoms with Crippen molar-refractivity contribution in [3.63, 3.8) is 0 Å². The summed E-state index contributed by atoms with van der Waals surface area (Å²) in [5.74, 6) is 1.95. The van der Waals surface area contributed by atoms with Gasteiger partial charge in [-0.05, 0) is 31.7 Å². The number of halogens is 1. The minimum atomic E-state index is 0.425. The van der Waals surface area contributed by atoms with E-state index in [1.165, 1.54) is 12.8 Å². The van der Waals surface area contributed by atoms with Crippen molar-refractivity contribution in [1.82, 2.24) is 0 Å². The summed E-state index contributed by atoms with van der Waals surface area (Å²) in [5, 5.41) is 0. The van der Waals surface area contributed by atoms with Gasteiger partial charge in [-0.3, -0.25) is 0 Å². The third-order valence-corrected chi connectivity index (χ3v) is 3.65. The van der Waals surface area contributed by atoms with Crippen LogP contribution in [0.4, 0.5) is 0 Å². The molecule has 0 aliphatic carbocycles. The van der Waals surface area contributed by atoms with Crippen molar-refractivity contribution < 1.29 is 14.2 Å². The molecule has 3 nitrogen and oxygen atoms in total. The lowest BCUT2D eigenvalue weighted by Crippen LogP contribution is -2.08. The van der Waals surface area contributed by atoms with Crippen molar-refractivity contribution in [2.45, 2.75) is 37.7 Å². The molecule has 19 heavy (non-hydrogen) atoms. The largest absolute Gasteiger partial charge is 0.493 e. The molecule has 1 aromatic carbocycles. The number of hydrogen-bond donors (Lipinski definition) is 0. The molecular weight excluding hydrogens is 264 g/mol. The first-order valence-corrected chi connectivity index (χ1v) is 7.35. The molecule has 1 atom stereocenters. The second kappa shape index (κ2) is 7.61. The van der Waals surface area contributed by atoms with Gasteiger partial charge in [0.1, 0.15) is 0 Å². The van der Waals surface area contributed by atoms with Crippen molar-refractivity contribution in [3.8, 4) is 11.5 Å². The van der Waals surface area contributed by atoms with E-state index < -0.39 is 0 Å². The monoisotopic (exact) mass is 284 g/mol. The van der Waals surface area contributed by atoms with E-state index in [1.807, 2.05) is 18.2 Å². The Morgan fingerprint density at radius 3 is 3.00 bits per heavy atom. The summed E-state index contributed by atoms with van der Waals surface area (Å²) in [7, 11) is 1.65. The zero-order chi connectivity index (χ0) is 13.5. The highest BCUT2D eigenvalue weighted by Crippen LogP contribution is 2.32. The van der Waals surface area contributed by atoms with E-state index >= 15 is 0 Å². The quantitative estimate of drug-likeness (QED) is 0.563. The Kier molecular flexibility index (Phi) is 5.80. The van der Waals surface area contributed by atoms with Crippen LogP contribution in [0.1, 0.15) is 31.2 Å². The van der Waals surface area contributed by atoms with Crippen LogP contribution in [-0.4, -0.2) is 26.4 Å². The van der Waals surface area contributed by atoms with E-state index in [4.69, 9.17) is 25.8 Å². The molecule has 0 radical (unpaired) electrons. The number of methoxy groups -OCH3 is 1. The molecule has 0 spiro atoms. The first-order chi connectivity index (χ1) is 9.35. The second-order valence-electron chi connectivity index (χ2n) is 4.71. The lowest BCUT2D eigenvalue weighted by Gasteiger charge is -2.14. The Hall–Kier alpha value is -0.930. The van der Waals surface area contributed by atoms with E-state index in [0.717, 1.165) is 36.5 Å². The van der Waals surface area contributed by atoms with Crippen LogP contribution in [0.5, 0.6) is 11.5 Å². The van der Waals surface area contributed by atoms with E-state index in [2.05, 4.69) is 0 Å².